The van der Waals surface area contributed by atoms with E-state index in [1.807, 2.05) is 35.3 Å². The molecular formula is C17H19Br2NO. The molecule has 0 unspecified atom stereocenters. The van der Waals surface area contributed by atoms with Crippen molar-refractivity contribution < 1.29 is 4.79 Å². The normalized spacial score (nSPS) is 17.2. The summed E-state index contributed by atoms with van der Waals surface area (Å²) in [6, 6.07) is 9.75. The van der Waals surface area contributed by atoms with E-state index in [4.69, 9.17) is 0 Å². The van der Waals surface area contributed by atoms with Crippen LogP contribution in [0, 0.1) is 0 Å². The smallest absolute Gasteiger partial charge is 0.270 e. The van der Waals surface area contributed by atoms with Crippen LogP contribution in [-0.2, 0) is 4.79 Å². The monoisotopic (exact) mass is 411 g/mol. The summed E-state index contributed by atoms with van der Waals surface area (Å²) < 4.78 is 0.688. The number of amides is 1. The third kappa shape index (κ3) is 3.67. The number of hydrogen-bond acceptors (Lipinski definition) is 1. The number of carbonyl (C=O) groups excluding carboxylic acids is 1. The molecule has 0 spiro atoms. The fourth-order valence-corrected chi connectivity index (χ4v) is 3.56. The van der Waals surface area contributed by atoms with E-state index >= 15 is 0 Å². The molecular weight excluding hydrogens is 394 g/mol. The van der Waals surface area contributed by atoms with E-state index in [0.717, 1.165) is 29.8 Å². The molecule has 0 aliphatic carbocycles. The van der Waals surface area contributed by atoms with Gasteiger partial charge in [0.1, 0.15) is 0 Å². The number of carbonyl (C=O) groups is 1. The molecule has 2 nitrogen and oxygen atoms in total. The molecule has 1 aliphatic heterocycles. The number of halogens is 2. The number of benzene rings is 1. The van der Waals surface area contributed by atoms with Crippen LogP contribution < -0.4 is 4.90 Å². The van der Waals surface area contributed by atoms with E-state index < -0.39 is 0 Å². The molecule has 0 aromatic heterocycles. The van der Waals surface area contributed by atoms with Gasteiger partial charge >= 0.3 is 0 Å². The number of hydrogen-bond donors (Lipinski definition) is 0. The van der Waals surface area contributed by atoms with Crippen molar-refractivity contribution in [1.29, 1.82) is 0 Å². The Morgan fingerprint density at radius 1 is 1.14 bits per heavy atom. The fourth-order valence-electron chi connectivity index (χ4n) is 2.50. The molecule has 1 aromatic carbocycles. The Balaban J connectivity index is 2.20. The zero-order chi connectivity index (χ0) is 15.2. The Kier molecular flexibility index (Phi) is 6.24. The van der Waals surface area contributed by atoms with Crippen LogP contribution in [0.15, 0.2) is 51.1 Å². The van der Waals surface area contributed by atoms with Gasteiger partial charge in [0.05, 0.1) is 10.2 Å². The number of nitrogens with zero attached hydrogens (tertiary/aromatic N) is 1. The second-order valence-corrected chi connectivity index (χ2v) is 6.32. The first kappa shape index (κ1) is 16.5. The van der Waals surface area contributed by atoms with Crippen molar-refractivity contribution >= 4 is 43.5 Å². The molecule has 1 aromatic rings. The van der Waals surface area contributed by atoms with Crippen molar-refractivity contribution in [2.45, 2.75) is 39.0 Å². The Morgan fingerprint density at radius 3 is 2.48 bits per heavy atom. The maximum absolute atomic E-state index is 12.5. The largest absolute Gasteiger partial charge is 0.276 e. The van der Waals surface area contributed by atoms with Crippen molar-refractivity contribution in [1.82, 2.24) is 0 Å². The molecule has 0 radical (unpaired) electrons. The second-order valence-electron chi connectivity index (χ2n) is 5.07. The number of unbranched alkanes of at least 4 members (excludes halogenated alkanes) is 3. The van der Waals surface area contributed by atoms with E-state index in [9.17, 15) is 4.79 Å². The summed E-state index contributed by atoms with van der Waals surface area (Å²) in [5.74, 6) is 0.0115. The second kappa shape index (κ2) is 7.95. The van der Waals surface area contributed by atoms with Crippen LogP contribution in [0.3, 0.4) is 0 Å². The van der Waals surface area contributed by atoms with Crippen LogP contribution >= 0.6 is 31.9 Å². The molecule has 1 aliphatic rings. The van der Waals surface area contributed by atoms with Crippen molar-refractivity contribution in [3.8, 4) is 0 Å². The lowest BCUT2D eigenvalue weighted by molar-refractivity contribution is -0.113. The van der Waals surface area contributed by atoms with Gasteiger partial charge in [0.25, 0.3) is 5.91 Å². The first-order valence-electron chi connectivity index (χ1n) is 7.29. The molecule has 1 amide bonds. The molecule has 0 saturated heterocycles. The summed E-state index contributed by atoms with van der Waals surface area (Å²) in [5.41, 5.74) is 2.93. The molecule has 2 rings (SSSR count). The molecule has 21 heavy (non-hydrogen) atoms. The molecule has 0 N–H and O–H groups in total. The topological polar surface area (TPSA) is 20.3 Å². The zero-order valence-corrected chi connectivity index (χ0v) is 15.3. The van der Waals surface area contributed by atoms with E-state index in [2.05, 4.69) is 38.8 Å². The molecule has 4 heteroatoms. The molecule has 0 saturated carbocycles. The van der Waals surface area contributed by atoms with Crippen molar-refractivity contribution in [3.63, 3.8) is 0 Å². The van der Waals surface area contributed by atoms with E-state index in [1.54, 1.807) is 4.90 Å². The first-order valence-corrected chi connectivity index (χ1v) is 9.00. The summed E-state index contributed by atoms with van der Waals surface area (Å²) in [6.07, 6.45) is 5.70. The van der Waals surface area contributed by atoms with Crippen LogP contribution in [0.5, 0.6) is 0 Å². The van der Waals surface area contributed by atoms with Gasteiger partial charge < -0.3 is 0 Å². The highest BCUT2D eigenvalue weighted by atomic mass is 79.9. The van der Waals surface area contributed by atoms with Gasteiger partial charge in [-0.05, 0) is 46.5 Å². The van der Waals surface area contributed by atoms with Crippen LogP contribution in [0.4, 0.5) is 5.69 Å². The Morgan fingerprint density at radius 2 is 1.86 bits per heavy atom. The standard InChI is InChI=1S/C17H19Br2NO/c1-2-3-4-8-11-14-15(12-18)20(17(21)16(14)19)13-9-6-5-7-10-13/h5-7,9-10,12H,2-4,8,11H2,1H3. The summed E-state index contributed by atoms with van der Waals surface area (Å²) in [5, 5.41) is 0. The first-order chi connectivity index (χ1) is 10.2. The summed E-state index contributed by atoms with van der Waals surface area (Å²) in [6.45, 7) is 2.20. The average Bonchev–Trinajstić information content (AvgIpc) is 2.76. The van der Waals surface area contributed by atoms with Crippen LogP contribution in [0.2, 0.25) is 0 Å². The van der Waals surface area contributed by atoms with Crippen LogP contribution in [-0.4, -0.2) is 5.91 Å². The van der Waals surface area contributed by atoms with Crippen LogP contribution in [0.1, 0.15) is 39.0 Å². The predicted octanol–water partition coefficient (Wildman–Crippen LogP) is 5.89. The predicted molar refractivity (Wildman–Crippen MR) is 95.7 cm³/mol. The molecule has 0 fully saturated rings. The Bertz CT molecular complexity index is 563. The molecule has 0 bridgehead atoms. The lowest BCUT2D eigenvalue weighted by atomic mass is 10.1. The summed E-state index contributed by atoms with van der Waals surface area (Å²) >= 11 is 6.91. The van der Waals surface area contributed by atoms with Crippen molar-refractivity contribution in [2.24, 2.45) is 0 Å². The van der Waals surface area contributed by atoms with Gasteiger partial charge in [0, 0.05) is 10.7 Å². The zero-order valence-electron chi connectivity index (χ0n) is 12.1. The lowest BCUT2D eigenvalue weighted by Gasteiger charge is -2.19. The maximum atomic E-state index is 12.5. The third-order valence-corrected chi connectivity index (χ3v) is 4.86. The van der Waals surface area contributed by atoms with Gasteiger partial charge in [-0.2, -0.15) is 0 Å². The van der Waals surface area contributed by atoms with E-state index in [1.165, 1.54) is 19.3 Å². The molecule has 0 atom stereocenters. The minimum Gasteiger partial charge on any atom is -0.276 e. The minimum atomic E-state index is 0.0115. The highest BCUT2D eigenvalue weighted by Crippen LogP contribution is 2.39. The molecule has 1 heterocycles. The summed E-state index contributed by atoms with van der Waals surface area (Å²) in [7, 11) is 0. The van der Waals surface area contributed by atoms with Gasteiger partial charge in [0.2, 0.25) is 0 Å². The van der Waals surface area contributed by atoms with Gasteiger partial charge in [0.15, 0.2) is 0 Å². The van der Waals surface area contributed by atoms with Gasteiger partial charge in [-0.25, -0.2) is 0 Å². The third-order valence-electron chi connectivity index (χ3n) is 3.60. The summed E-state index contributed by atoms with van der Waals surface area (Å²) in [4.78, 5) is 16.1. The SMILES string of the molecule is CCCCCCC1=C(Br)C(=O)N(c2ccccc2)C1=CBr. The lowest BCUT2D eigenvalue weighted by Crippen LogP contribution is -2.24. The number of rotatable bonds is 6. The maximum Gasteiger partial charge on any atom is 0.270 e. The average molecular weight is 413 g/mol. The minimum absolute atomic E-state index is 0.0115. The van der Waals surface area contributed by atoms with Crippen LogP contribution in [0.25, 0.3) is 0 Å². The van der Waals surface area contributed by atoms with Gasteiger partial charge in [-0.3, -0.25) is 9.69 Å². The van der Waals surface area contributed by atoms with Gasteiger partial charge in [-0.1, -0.05) is 60.3 Å². The molecule has 112 valence electrons. The number of para-hydroxylation sites is 1. The van der Waals surface area contributed by atoms with Gasteiger partial charge in [-0.15, -0.1) is 0 Å². The van der Waals surface area contributed by atoms with Crippen molar-refractivity contribution in [3.05, 3.63) is 51.1 Å². The number of anilines is 1. The highest BCUT2D eigenvalue weighted by Gasteiger charge is 2.33. The van der Waals surface area contributed by atoms with E-state index in [0.29, 0.717) is 4.48 Å². The Labute approximate surface area is 143 Å². The van der Waals surface area contributed by atoms with E-state index in [-0.39, 0.29) is 5.91 Å². The fraction of sp³-hybridized carbons (Fsp3) is 0.353. The Hall–Kier alpha value is -0.870. The number of allylic oxidation sites excluding steroid dienone is 1. The quantitative estimate of drug-likeness (QED) is 0.533. The van der Waals surface area contributed by atoms with Crippen molar-refractivity contribution in [2.75, 3.05) is 4.90 Å². The highest BCUT2D eigenvalue weighted by molar-refractivity contribution is 9.12.